The van der Waals surface area contributed by atoms with Crippen LogP contribution in [0.4, 0.5) is 0 Å². The summed E-state index contributed by atoms with van der Waals surface area (Å²) < 4.78 is 0. The van der Waals surface area contributed by atoms with E-state index in [-0.39, 0.29) is 24.6 Å². The summed E-state index contributed by atoms with van der Waals surface area (Å²) in [5, 5.41) is 14.9. The van der Waals surface area contributed by atoms with Gasteiger partial charge in [0.2, 0.25) is 5.91 Å². The molecule has 4 heteroatoms. The fourth-order valence-electron chi connectivity index (χ4n) is 2.11. The zero-order valence-corrected chi connectivity index (χ0v) is 9.94. The molecular formula is C13H18N2O2. The molecule has 2 atom stereocenters. The molecule has 0 saturated carbocycles. The Morgan fingerprint density at radius 2 is 2.35 bits per heavy atom. The molecule has 92 valence electrons. The van der Waals surface area contributed by atoms with Crippen LogP contribution in [-0.2, 0) is 11.2 Å². The van der Waals surface area contributed by atoms with Crippen molar-refractivity contribution in [3.8, 4) is 0 Å². The maximum atomic E-state index is 12.0. The van der Waals surface area contributed by atoms with E-state index >= 15 is 0 Å². The number of amides is 1. The largest absolute Gasteiger partial charge is 0.394 e. The zero-order chi connectivity index (χ0) is 12.3. The standard InChI is InChI=1S/C13H18N2O2/c1-9(8-16)15-13(17)12-11-5-3-2-4-10(11)6-7-14-12/h2-5,9,12,14,16H,6-8H2,1H3,(H,15,17). The highest BCUT2D eigenvalue weighted by Gasteiger charge is 2.26. The smallest absolute Gasteiger partial charge is 0.242 e. The summed E-state index contributed by atoms with van der Waals surface area (Å²) >= 11 is 0. The Labute approximate surface area is 101 Å². The van der Waals surface area contributed by atoms with E-state index in [1.807, 2.05) is 18.2 Å². The fourth-order valence-corrected chi connectivity index (χ4v) is 2.11. The second-order valence-electron chi connectivity index (χ2n) is 4.43. The van der Waals surface area contributed by atoms with Crippen molar-refractivity contribution in [1.29, 1.82) is 0 Å². The van der Waals surface area contributed by atoms with Crippen molar-refractivity contribution in [2.24, 2.45) is 0 Å². The maximum absolute atomic E-state index is 12.0. The molecule has 1 aliphatic heterocycles. The quantitative estimate of drug-likeness (QED) is 0.708. The number of fused-ring (bicyclic) bond motifs is 1. The van der Waals surface area contributed by atoms with Gasteiger partial charge in [0, 0.05) is 12.6 Å². The fraction of sp³-hybridized carbons (Fsp3) is 0.462. The van der Waals surface area contributed by atoms with Crippen LogP contribution in [0.1, 0.15) is 24.1 Å². The molecule has 4 nitrogen and oxygen atoms in total. The highest BCUT2D eigenvalue weighted by molar-refractivity contribution is 5.84. The van der Waals surface area contributed by atoms with Crippen molar-refractivity contribution in [3.05, 3.63) is 35.4 Å². The lowest BCUT2D eigenvalue weighted by Gasteiger charge is -2.27. The van der Waals surface area contributed by atoms with E-state index in [1.165, 1.54) is 5.56 Å². The van der Waals surface area contributed by atoms with Gasteiger partial charge in [-0.3, -0.25) is 4.79 Å². The molecule has 17 heavy (non-hydrogen) atoms. The third-order valence-corrected chi connectivity index (χ3v) is 3.03. The minimum Gasteiger partial charge on any atom is -0.394 e. The third kappa shape index (κ3) is 2.65. The topological polar surface area (TPSA) is 61.4 Å². The normalized spacial score (nSPS) is 20.5. The number of hydrogen-bond donors (Lipinski definition) is 3. The van der Waals surface area contributed by atoms with E-state index in [2.05, 4.69) is 16.7 Å². The molecule has 1 aromatic carbocycles. The van der Waals surface area contributed by atoms with Crippen molar-refractivity contribution in [2.75, 3.05) is 13.2 Å². The van der Waals surface area contributed by atoms with E-state index in [9.17, 15) is 4.79 Å². The highest BCUT2D eigenvalue weighted by atomic mass is 16.3. The maximum Gasteiger partial charge on any atom is 0.242 e. The molecule has 1 aromatic rings. The number of nitrogens with one attached hydrogen (secondary N) is 2. The summed E-state index contributed by atoms with van der Waals surface area (Å²) in [5.74, 6) is -0.0706. The van der Waals surface area contributed by atoms with Crippen LogP contribution in [0.5, 0.6) is 0 Å². The summed E-state index contributed by atoms with van der Waals surface area (Å²) in [6.07, 6.45) is 0.954. The Morgan fingerprint density at radius 1 is 1.59 bits per heavy atom. The second-order valence-corrected chi connectivity index (χ2v) is 4.43. The summed E-state index contributed by atoms with van der Waals surface area (Å²) in [4.78, 5) is 12.0. The molecule has 0 aliphatic carbocycles. The number of carbonyl (C=O) groups is 1. The molecule has 2 unspecified atom stereocenters. The summed E-state index contributed by atoms with van der Waals surface area (Å²) in [6, 6.07) is 7.48. The first-order valence-corrected chi connectivity index (χ1v) is 5.95. The van der Waals surface area contributed by atoms with E-state index in [0.29, 0.717) is 0 Å². The molecule has 2 rings (SSSR count). The lowest BCUT2D eigenvalue weighted by Crippen LogP contribution is -2.45. The molecule has 3 N–H and O–H groups in total. The van der Waals surface area contributed by atoms with E-state index in [0.717, 1.165) is 18.5 Å². The lowest BCUT2D eigenvalue weighted by atomic mass is 9.94. The van der Waals surface area contributed by atoms with Crippen LogP contribution in [0.25, 0.3) is 0 Å². The van der Waals surface area contributed by atoms with Crippen LogP contribution in [0.3, 0.4) is 0 Å². The van der Waals surface area contributed by atoms with Gasteiger partial charge in [0.05, 0.1) is 6.61 Å². The highest BCUT2D eigenvalue weighted by Crippen LogP contribution is 2.22. The minimum atomic E-state index is -0.297. The van der Waals surface area contributed by atoms with E-state index in [1.54, 1.807) is 6.92 Å². The minimum absolute atomic E-state index is 0.0416. The number of aliphatic hydroxyl groups excluding tert-OH is 1. The molecule has 0 bridgehead atoms. The van der Waals surface area contributed by atoms with Crippen molar-refractivity contribution in [1.82, 2.24) is 10.6 Å². The van der Waals surface area contributed by atoms with Gasteiger partial charge >= 0.3 is 0 Å². The molecular weight excluding hydrogens is 216 g/mol. The predicted octanol–water partition coefficient (Wildman–Crippen LogP) is 0.370. The summed E-state index contributed by atoms with van der Waals surface area (Å²) in [6.45, 7) is 2.55. The molecule has 0 radical (unpaired) electrons. The van der Waals surface area contributed by atoms with Gasteiger partial charge in [-0.05, 0) is 24.5 Å². The van der Waals surface area contributed by atoms with E-state index < -0.39 is 0 Å². The van der Waals surface area contributed by atoms with Crippen LogP contribution in [0, 0.1) is 0 Å². The van der Waals surface area contributed by atoms with Gasteiger partial charge < -0.3 is 15.7 Å². The van der Waals surface area contributed by atoms with Gasteiger partial charge in [0.25, 0.3) is 0 Å². The van der Waals surface area contributed by atoms with Crippen LogP contribution < -0.4 is 10.6 Å². The van der Waals surface area contributed by atoms with Crippen LogP contribution in [0.15, 0.2) is 24.3 Å². The number of carbonyl (C=O) groups excluding carboxylic acids is 1. The molecule has 1 amide bonds. The van der Waals surface area contributed by atoms with Crippen molar-refractivity contribution in [2.45, 2.75) is 25.4 Å². The Bertz CT molecular complexity index is 406. The summed E-state index contributed by atoms with van der Waals surface area (Å²) in [5.41, 5.74) is 2.27. The van der Waals surface area contributed by atoms with Gasteiger partial charge in [-0.1, -0.05) is 24.3 Å². The van der Waals surface area contributed by atoms with Crippen molar-refractivity contribution in [3.63, 3.8) is 0 Å². The number of aliphatic hydroxyl groups is 1. The summed E-state index contributed by atoms with van der Waals surface area (Å²) in [7, 11) is 0. The van der Waals surface area contributed by atoms with Crippen LogP contribution >= 0.6 is 0 Å². The Hall–Kier alpha value is -1.39. The third-order valence-electron chi connectivity index (χ3n) is 3.03. The monoisotopic (exact) mass is 234 g/mol. The van der Waals surface area contributed by atoms with Gasteiger partial charge in [-0.15, -0.1) is 0 Å². The van der Waals surface area contributed by atoms with Gasteiger partial charge in [-0.25, -0.2) is 0 Å². The number of benzene rings is 1. The van der Waals surface area contributed by atoms with Crippen molar-refractivity contribution < 1.29 is 9.90 Å². The van der Waals surface area contributed by atoms with E-state index in [4.69, 9.17) is 5.11 Å². The number of hydrogen-bond acceptors (Lipinski definition) is 3. The SMILES string of the molecule is CC(CO)NC(=O)C1NCCc2ccccc21. The first-order valence-electron chi connectivity index (χ1n) is 5.95. The van der Waals surface area contributed by atoms with Gasteiger partial charge in [0.1, 0.15) is 6.04 Å². The molecule has 0 aromatic heterocycles. The number of rotatable bonds is 3. The first kappa shape index (κ1) is 12.1. The van der Waals surface area contributed by atoms with Crippen LogP contribution in [0.2, 0.25) is 0 Å². The van der Waals surface area contributed by atoms with Gasteiger partial charge in [0.15, 0.2) is 0 Å². The molecule has 1 heterocycles. The molecule has 0 fully saturated rings. The zero-order valence-electron chi connectivity index (χ0n) is 9.94. The molecule has 0 spiro atoms. The second kappa shape index (κ2) is 5.29. The van der Waals surface area contributed by atoms with Crippen molar-refractivity contribution >= 4 is 5.91 Å². The average molecular weight is 234 g/mol. The Morgan fingerprint density at radius 3 is 3.12 bits per heavy atom. The Kier molecular flexibility index (Phi) is 3.76. The first-order chi connectivity index (χ1) is 8.22. The predicted molar refractivity (Wildman–Crippen MR) is 65.6 cm³/mol. The molecule has 0 saturated heterocycles. The van der Waals surface area contributed by atoms with Crippen LogP contribution in [-0.4, -0.2) is 30.2 Å². The van der Waals surface area contributed by atoms with Gasteiger partial charge in [-0.2, -0.15) is 0 Å². The lowest BCUT2D eigenvalue weighted by molar-refractivity contribution is -0.124. The average Bonchev–Trinajstić information content (AvgIpc) is 2.37. The molecule has 1 aliphatic rings. The Balaban J connectivity index is 2.15.